The lowest BCUT2D eigenvalue weighted by Gasteiger charge is -2.03. The molecule has 0 unspecified atom stereocenters. The van der Waals surface area contributed by atoms with Gasteiger partial charge in [-0.2, -0.15) is 0 Å². The van der Waals surface area contributed by atoms with Gasteiger partial charge in [0.25, 0.3) is 0 Å². The van der Waals surface area contributed by atoms with Gasteiger partial charge in [-0.25, -0.2) is 9.78 Å². The molecule has 3 rings (SSSR count). The number of hydrogen-bond donors (Lipinski definition) is 0. The van der Waals surface area contributed by atoms with Gasteiger partial charge in [-0.15, -0.1) is 0 Å². The van der Waals surface area contributed by atoms with Crippen LogP contribution in [0.4, 0.5) is 0 Å². The standard InChI is InChI=1S/C16H10BrClN2O3/c17-11-5-3-10(4-6-11)14-8-12(23-20-14)9-22-16(21)13-2-1-7-19-15(13)18/h1-8H,9H2. The summed E-state index contributed by atoms with van der Waals surface area (Å²) < 4.78 is 11.3. The quantitative estimate of drug-likeness (QED) is 0.482. The molecule has 0 radical (unpaired) electrons. The summed E-state index contributed by atoms with van der Waals surface area (Å²) in [6, 6.07) is 12.5. The minimum atomic E-state index is -0.565. The van der Waals surface area contributed by atoms with Crippen LogP contribution < -0.4 is 0 Å². The van der Waals surface area contributed by atoms with E-state index in [9.17, 15) is 4.79 Å². The average Bonchev–Trinajstić information content (AvgIpc) is 3.03. The molecule has 0 bridgehead atoms. The van der Waals surface area contributed by atoms with Crippen molar-refractivity contribution in [2.75, 3.05) is 0 Å². The van der Waals surface area contributed by atoms with Crippen LogP contribution in [0.5, 0.6) is 0 Å². The summed E-state index contributed by atoms with van der Waals surface area (Å²) in [5.41, 5.74) is 1.79. The fourth-order valence-corrected chi connectivity index (χ4v) is 2.35. The van der Waals surface area contributed by atoms with E-state index in [1.165, 1.54) is 6.20 Å². The normalized spacial score (nSPS) is 10.5. The van der Waals surface area contributed by atoms with Crippen molar-refractivity contribution in [3.05, 3.63) is 69.6 Å². The van der Waals surface area contributed by atoms with Gasteiger partial charge in [0.15, 0.2) is 12.4 Å². The molecular weight excluding hydrogens is 384 g/mol. The third-order valence-corrected chi connectivity index (χ3v) is 3.85. The van der Waals surface area contributed by atoms with E-state index in [1.54, 1.807) is 18.2 Å². The van der Waals surface area contributed by atoms with E-state index < -0.39 is 5.97 Å². The van der Waals surface area contributed by atoms with Crippen LogP contribution in [0.15, 0.2) is 57.7 Å². The molecular formula is C16H10BrClN2O3. The van der Waals surface area contributed by atoms with Crippen LogP contribution in [0.3, 0.4) is 0 Å². The Morgan fingerprint density at radius 2 is 2.04 bits per heavy atom. The fourth-order valence-electron chi connectivity index (χ4n) is 1.89. The zero-order valence-electron chi connectivity index (χ0n) is 11.7. The monoisotopic (exact) mass is 392 g/mol. The molecule has 3 aromatic rings. The molecule has 23 heavy (non-hydrogen) atoms. The first-order chi connectivity index (χ1) is 11.1. The van der Waals surface area contributed by atoms with Crippen molar-refractivity contribution in [1.82, 2.24) is 10.1 Å². The second-order valence-corrected chi connectivity index (χ2v) is 5.88. The fraction of sp³-hybridized carbons (Fsp3) is 0.0625. The predicted molar refractivity (Wildman–Crippen MR) is 88.0 cm³/mol. The van der Waals surface area contributed by atoms with Gasteiger partial charge in [0.1, 0.15) is 10.8 Å². The molecule has 0 amide bonds. The number of benzene rings is 1. The lowest BCUT2D eigenvalue weighted by atomic mass is 10.1. The molecule has 2 aromatic heterocycles. The Hall–Kier alpha value is -2.18. The van der Waals surface area contributed by atoms with Crippen molar-refractivity contribution in [2.45, 2.75) is 6.61 Å². The summed E-state index contributed by atoms with van der Waals surface area (Å²) in [5.74, 6) is -0.124. The van der Waals surface area contributed by atoms with E-state index in [1.807, 2.05) is 24.3 Å². The summed E-state index contributed by atoms with van der Waals surface area (Å²) >= 11 is 9.22. The van der Waals surface area contributed by atoms with Gasteiger partial charge >= 0.3 is 5.97 Å². The molecule has 0 N–H and O–H groups in total. The van der Waals surface area contributed by atoms with Crippen LogP contribution in [0.1, 0.15) is 16.1 Å². The molecule has 0 saturated carbocycles. The van der Waals surface area contributed by atoms with Crippen molar-refractivity contribution in [3.8, 4) is 11.3 Å². The van der Waals surface area contributed by atoms with Crippen LogP contribution >= 0.6 is 27.5 Å². The first kappa shape index (κ1) is 15.7. The Balaban J connectivity index is 1.67. The van der Waals surface area contributed by atoms with Crippen LogP contribution in [0, 0.1) is 0 Å². The Morgan fingerprint density at radius 3 is 2.78 bits per heavy atom. The first-order valence-corrected chi connectivity index (χ1v) is 7.80. The van der Waals surface area contributed by atoms with Crippen molar-refractivity contribution in [2.24, 2.45) is 0 Å². The highest BCUT2D eigenvalue weighted by molar-refractivity contribution is 9.10. The number of carbonyl (C=O) groups excluding carboxylic acids is 1. The minimum absolute atomic E-state index is 0.0341. The van der Waals surface area contributed by atoms with Crippen LogP contribution in [0.25, 0.3) is 11.3 Å². The summed E-state index contributed by atoms with van der Waals surface area (Å²) in [6.07, 6.45) is 1.50. The Kier molecular flexibility index (Phi) is 4.73. The Bertz CT molecular complexity index is 833. The van der Waals surface area contributed by atoms with E-state index >= 15 is 0 Å². The molecule has 0 saturated heterocycles. The summed E-state index contributed by atoms with van der Waals surface area (Å²) in [6.45, 7) is -0.0341. The van der Waals surface area contributed by atoms with Gasteiger partial charge in [0.05, 0.1) is 5.56 Å². The van der Waals surface area contributed by atoms with E-state index in [4.69, 9.17) is 20.9 Å². The number of hydrogen-bond acceptors (Lipinski definition) is 5. The predicted octanol–water partition coefficient (Wildman–Crippen LogP) is 4.51. The molecule has 0 spiro atoms. The lowest BCUT2D eigenvalue weighted by molar-refractivity contribution is 0.0437. The molecule has 7 heteroatoms. The minimum Gasteiger partial charge on any atom is -0.454 e. The zero-order valence-corrected chi connectivity index (χ0v) is 14.0. The van der Waals surface area contributed by atoms with Gasteiger partial charge in [0, 0.05) is 22.3 Å². The zero-order chi connectivity index (χ0) is 16.2. The largest absolute Gasteiger partial charge is 0.454 e. The molecule has 0 aliphatic heterocycles. The van der Waals surface area contributed by atoms with Crippen LogP contribution in [-0.2, 0) is 11.3 Å². The maximum absolute atomic E-state index is 11.9. The summed E-state index contributed by atoms with van der Waals surface area (Å²) in [5, 5.41) is 4.07. The van der Waals surface area contributed by atoms with Gasteiger partial charge in [-0.3, -0.25) is 0 Å². The third-order valence-electron chi connectivity index (χ3n) is 3.02. The highest BCUT2D eigenvalue weighted by atomic mass is 79.9. The molecule has 116 valence electrons. The molecule has 0 aliphatic rings. The van der Waals surface area contributed by atoms with E-state index in [0.717, 1.165) is 10.0 Å². The SMILES string of the molecule is O=C(OCc1cc(-c2ccc(Br)cc2)no1)c1cccnc1Cl. The number of nitrogens with zero attached hydrogens (tertiary/aromatic N) is 2. The molecule has 0 aliphatic carbocycles. The molecule has 0 atom stereocenters. The van der Waals surface area contributed by atoms with Gasteiger partial charge < -0.3 is 9.26 Å². The van der Waals surface area contributed by atoms with E-state index in [0.29, 0.717) is 11.5 Å². The van der Waals surface area contributed by atoms with Crippen LogP contribution in [0.2, 0.25) is 5.15 Å². The summed E-state index contributed by atoms with van der Waals surface area (Å²) in [4.78, 5) is 15.8. The highest BCUT2D eigenvalue weighted by Gasteiger charge is 2.14. The second-order valence-electron chi connectivity index (χ2n) is 4.60. The van der Waals surface area contributed by atoms with Crippen molar-refractivity contribution in [3.63, 3.8) is 0 Å². The molecule has 2 heterocycles. The van der Waals surface area contributed by atoms with Crippen molar-refractivity contribution < 1.29 is 14.1 Å². The third kappa shape index (κ3) is 3.78. The average molecular weight is 394 g/mol. The summed E-state index contributed by atoms with van der Waals surface area (Å²) in [7, 11) is 0. The van der Waals surface area contributed by atoms with Gasteiger partial charge in [0.2, 0.25) is 0 Å². The van der Waals surface area contributed by atoms with Crippen molar-refractivity contribution in [1.29, 1.82) is 0 Å². The highest BCUT2D eigenvalue weighted by Crippen LogP contribution is 2.22. The maximum atomic E-state index is 11.9. The van der Waals surface area contributed by atoms with Crippen LogP contribution in [-0.4, -0.2) is 16.1 Å². The van der Waals surface area contributed by atoms with Gasteiger partial charge in [-0.1, -0.05) is 44.8 Å². The lowest BCUT2D eigenvalue weighted by Crippen LogP contribution is -2.06. The maximum Gasteiger partial charge on any atom is 0.341 e. The number of pyridine rings is 1. The van der Waals surface area contributed by atoms with Crippen molar-refractivity contribution >= 4 is 33.5 Å². The smallest absolute Gasteiger partial charge is 0.341 e. The van der Waals surface area contributed by atoms with E-state index in [2.05, 4.69) is 26.1 Å². The molecule has 5 nitrogen and oxygen atoms in total. The molecule has 1 aromatic carbocycles. The number of halogens is 2. The number of ether oxygens (including phenoxy) is 1. The second kappa shape index (κ2) is 6.93. The topological polar surface area (TPSA) is 65.2 Å². The number of esters is 1. The number of aromatic nitrogens is 2. The van der Waals surface area contributed by atoms with E-state index in [-0.39, 0.29) is 17.3 Å². The first-order valence-electron chi connectivity index (χ1n) is 6.62. The Morgan fingerprint density at radius 1 is 1.26 bits per heavy atom. The number of carbonyl (C=O) groups is 1. The Labute approximate surface area is 145 Å². The molecule has 0 fully saturated rings. The number of rotatable bonds is 4. The van der Waals surface area contributed by atoms with Gasteiger partial charge in [-0.05, 0) is 24.3 Å².